The molecule has 4 atom stereocenters. The predicted octanol–water partition coefficient (Wildman–Crippen LogP) is 6.03. The highest BCUT2D eigenvalue weighted by Gasteiger charge is 2.54. The number of ether oxygens (including phenoxy) is 2. The maximum Gasteiger partial charge on any atom is 0.229 e. The first kappa shape index (κ1) is 24.1. The predicted molar refractivity (Wildman–Crippen MR) is 130 cm³/mol. The van der Waals surface area contributed by atoms with E-state index in [9.17, 15) is 0 Å². The van der Waals surface area contributed by atoms with Crippen molar-refractivity contribution < 1.29 is 18.3 Å². The molecule has 0 saturated carbocycles. The minimum atomic E-state index is -2.02. The van der Waals surface area contributed by atoms with E-state index in [1.165, 1.54) is 0 Å². The SMILES string of the molecule is CC(C)(C)[Si](C)(C)OC[C@H]1O[C@H]2N=C(c3cccs3)O[C@H]2[C@@H]1O[Si](C)(C)C(C)(C)C. The van der Waals surface area contributed by atoms with Gasteiger partial charge in [0, 0.05) is 0 Å². The first-order valence-corrected chi connectivity index (χ1v) is 17.6. The Hall–Kier alpha value is -0.516. The Morgan fingerprint density at radius 2 is 1.67 bits per heavy atom. The fraction of sp³-hybridized carbons (Fsp3) is 0.773. The van der Waals surface area contributed by atoms with Gasteiger partial charge in [0.2, 0.25) is 5.90 Å². The number of rotatable bonds is 6. The van der Waals surface area contributed by atoms with Crippen LogP contribution in [0.15, 0.2) is 22.5 Å². The summed E-state index contributed by atoms with van der Waals surface area (Å²) in [6.07, 6.45) is -0.895. The Labute approximate surface area is 188 Å². The molecule has 1 aromatic heterocycles. The second-order valence-electron chi connectivity index (χ2n) is 11.5. The van der Waals surface area contributed by atoms with Crippen LogP contribution in [0.3, 0.4) is 0 Å². The number of fused-ring (bicyclic) bond motifs is 1. The standard InChI is InChI=1S/C22H39NO4SSi2/c1-21(2,3)29(7,8)24-14-15-17(27-30(9,10)22(4,5)6)18-20(25-15)23-19(26-18)16-12-11-13-28-16/h11-13,15,17-18,20H,14H2,1-10H3/t15-,17-,18+,20-/m1/s1. The fourth-order valence-corrected chi connectivity index (χ4v) is 6.03. The number of aliphatic imine (C=N–C) groups is 1. The van der Waals surface area contributed by atoms with Crippen LogP contribution in [0.1, 0.15) is 46.4 Å². The molecule has 2 aliphatic heterocycles. The topological polar surface area (TPSA) is 49.3 Å². The molecule has 1 fully saturated rings. The molecule has 8 heteroatoms. The smallest absolute Gasteiger partial charge is 0.229 e. The van der Waals surface area contributed by atoms with Crippen LogP contribution in [-0.2, 0) is 18.3 Å². The van der Waals surface area contributed by atoms with Crippen LogP contribution in [-0.4, -0.2) is 53.7 Å². The van der Waals surface area contributed by atoms with Gasteiger partial charge in [-0.25, -0.2) is 4.99 Å². The van der Waals surface area contributed by atoms with Crippen LogP contribution in [0.5, 0.6) is 0 Å². The normalized spacial score (nSPS) is 27.7. The van der Waals surface area contributed by atoms with E-state index in [0.717, 1.165) is 4.88 Å². The number of thiophene rings is 1. The molecular weight excluding hydrogens is 430 g/mol. The molecule has 170 valence electrons. The lowest BCUT2D eigenvalue weighted by molar-refractivity contribution is -0.0135. The average Bonchev–Trinajstić information content (AvgIpc) is 3.28. The van der Waals surface area contributed by atoms with Crippen molar-refractivity contribution in [3.8, 4) is 0 Å². The van der Waals surface area contributed by atoms with Gasteiger partial charge in [0.25, 0.3) is 0 Å². The lowest BCUT2D eigenvalue weighted by Gasteiger charge is -2.41. The first-order valence-electron chi connectivity index (χ1n) is 10.9. The van der Waals surface area contributed by atoms with E-state index in [1.807, 2.05) is 17.5 Å². The summed E-state index contributed by atoms with van der Waals surface area (Å²) in [5, 5.41) is 2.29. The van der Waals surface area contributed by atoms with Crippen molar-refractivity contribution in [3.05, 3.63) is 22.4 Å². The largest absolute Gasteiger partial charge is 0.466 e. The molecule has 1 aromatic rings. The summed E-state index contributed by atoms with van der Waals surface area (Å²) < 4.78 is 26.1. The fourth-order valence-electron chi connectivity index (χ4n) is 3.03. The molecule has 1 saturated heterocycles. The lowest BCUT2D eigenvalue weighted by atomic mass is 10.1. The second kappa shape index (κ2) is 8.12. The summed E-state index contributed by atoms with van der Waals surface area (Å²) in [6.45, 7) is 23.2. The van der Waals surface area contributed by atoms with Crippen LogP contribution >= 0.6 is 11.3 Å². The zero-order chi connectivity index (χ0) is 22.5. The zero-order valence-corrected chi connectivity index (χ0v) is 23.1. The monoisotopic (exact) mass is 469 g/mol. The molecule has 2 aliphatic rings. The van der Waals surface area contributed by atoms with Crippen LogP contribution in [0.25, 0.3) is 0 Å². The van der Waals surface area contributed by atoms with Gasteiger partial charge in [-0.05, 0) is 47.7 Å². The van der Waals surface area contributed by atoms with Gasteiger partial charge in [-0.3, -0.25) is 0 Å². The molecule has 0 N–H and O–H groups in total. The van der Waals surface area contributed by atoms with Gasteiger partial charge >= 0.3 is 0 Å². The second-order valence-corrected chi connectivity index (χ2v) is 22.0. The third-order valence-electron chi connectivity index (χ3n) is 7.16. The maximum atomic E-state index is 6.86. The molecule has 3 heterocycles. The summed E-state index contributed by atoms with van der Waals surface area (Å²) in [7, 11) is -3.91. The van der Waals surface area contributed by atoms with Crippen molar-refractivity contribution in [3.63, 3.8) is 0 Å². The zero-order valence-electron chi connectivity index (χ0n) is 20.2. The summed E-state index contributed by atoms with van der Waals surface area (Å²) in [5.41, 5.74) is 0. The van der Waals surface area contributed by atoms with Crippen molar-refractivity contribution in [1.29, 1.82) is 0 Å². The van der Waals surface area contributed by atoms with Gasteiger partial charge in [-0.2, -0.15) is 0 Å². The quantitative estimate of drug-likeness (QED) is 0.477. The van der Waals surface area contributed by atoms with Crippen molar-refractivity contribution in [2.45, 2.75) is 102 Å². The van der Waals surface area contributed by atoms with E-state index < -0.39 is 16.6 Å². The van der Waals surface area contributed by atoms with E-state index in [2.05, 4.69) is 67.7 Å². The van der Waals surface area contributed by atoms with Gasteiger partial charge in [-0.1, -0.05) is 47.6 Å². The van der Waals surface area contributed by atoms with Crippen LogP contribution in [0, 0.1) is 0 Å². The number of hydrogen-bond donors (Lipinski definition) is 0. The van der Waals surface area contributed by atoms with Gasteiger partial charge in [0.15, 0.2) is 29.0 Å². The molecule has 30 heavy (non-hydrogen) atoms. The molecule has 0 aliphatic carbocycles. The molecular formula is C22H39NO4SSi2. The Morgan fingerprint density at radius 3 is 2.20 bits per heavy atom. The summed E-state index contributed by atoms with van der Waals surface area (Å²) in [4.78, 5) is 5.79. The third kappa shape index (κ3) is 4.78. The highest BCUT2D eigenvalue weighted by molar-refractivity contribution is 7.12. The number of nitrogens with zero attached hydrogens (tertiary/aromatic N) is 1. The molecule has 3 rings (SSSR count). The minimum absolute atomic E-state index is 0.103. The lowest BCUT2D eigenvalue weighted by Crippen LogP contribution is -2.51. The highest BCUT2D eigenvalue weighted by atomic mass is 32.1. The molecule has 5 nitrogen and oxygen atoms in total. The molecule has 0 spiro atoms. The van der Waals surface area contributed by atoms with Crippen molar-refractivity contribution in [2.24, 2.45) is 4.99 Å². The molecule has 0 bridgehead atoms. The van der Waals surface area contributed by atoms with E-state index in [0.29, 0.717) is 12.5 Å². The van der Waals surface area contributed by atoms with Gasteiger partial charge in [0.1, 0.15) is 12.2 Å². The van der Waals surface area contributed by atoms with Crippen molar-refractivity contribution in [2.75, 3.05) is 6.61 Å². The van der Waals surface area contributed by atoms with E-state index in [1.54, 1.807) is 11.3 Å². The Kier molecular flexibility index (Phi) is 6.53. The van der Waals surface area contributed by atoms with Gasteiger partial charge < -0.3 is 18.3 Å². The Morgan fingerprint density at radius 1 is 1.03 bits per heavy atom. The first-order chi connectivity index (χ1) is 13.6. The summed E-state index contributed by atoms with van der Waals surface area (Å²) in [5.74, 6) is 0.674. The molecule has 0 unspecified atom stereocenters. The van der Waals surface area contributed by atoms with Gasteiger partial charge in [0.05, 0.1) is 11.5 Å². The van der Waals surface area contributed by atoms with Crippen LogP contribution in [0.2, 0.25) is 36.3 Å². The van der Waals surface area contributed by atoms with Gasteiger partial charge in [-0.15, -0.1) is 11.3 Å². The maximum absolute atomic E-state index is 6.86. The highest BCUT2D eigenvalue weighted by Crippen LogP contribution is 2.43. The summed E-state index contributed by atoms with van der Waals surface area (Å²) in [6, 6.07) is 4.05. The van der Waals surface area contributed by atoms with E-state index >= 15 is 0 Å². The van der Waals surface area contributed by atoms with E-state index in [-0.39, 0.29) is 34.6 Å². The van der Waals surface area contributed by atoms with Crippen molar-refractivity contribution >= 4 is 33.9 Å². The average molecular weight is 470 g/mol. The Balaban J connectivity index is 1.81. The third-order valence-corrected chi connectivity index (χ3v) is 17.0. The number of hydrogen-bond acceptors (Lipinski definition) is 6. The van der Waals surface area contributed by atoms with Crippen LogP contribution < -0.4 is 0 Å². The minimum Gasteiger partial charge on any atom is -0.466 e. The summed E-state index contributed by atoms with van der Waals surface area (Å²) >= 11 is 1.63. The van der Waals surface area contributed by atoms with Crippen LogP contribution in [0.4, 0.5) is 0 Å². The molecule has 0 radical (unpaired) electrons. The van der Waals surface area contributed by atoms with Crippen molar-refractivity contribution in [1.82, 2.24) is 0 Å². The Bertz CT molecular complexity index is 765. The molecule has 0 amide bonds. The van der Waals surface area contributed by atoms with E-state index in [4.69, 9.17) is 23.3 Å². The molecule has 0 aromatic carbocycles.